The minimum absolute atomic E-state index is 0.218. The molecule has 0 saturated carbocycles. The van der Waals surface area contributed by atoms with Crippen LogP contribution in [-0.2, 0) is 4.74 Å². The number of benzene rings is 1. The highest BCUT2D eigenvalue weighted by molar-refractivity contribution is 5.92. The zero-order valence-electron chi connectivity index (χ0n) is 15.8. The van der Waals surface area contributed by atoms with Crippen LogP contribution in [0.15, 0.2) is 36.4 Å². The minimum atomic E-state index is -0.218. The van der Waals surface area contributed by atoms with Crippen molar-refractivity contribution < 1.29 is 9.53 Å². The molecule has 1 amide bonds. The molecule has 8 heteroatoms. The predicted octanol–water partition coefficient (Wildman–Crippen LogP) is 1.35. The van der Waals surface area contributed by atoms with E-state index in [0.29, 0.717) is 18.1 Å². The Bertz CT molecular complexity index is 744. The fourth-order valence-electron chi connectivity index (χ4n) is 2.80. The molecule has 27 heavy (non-hydrogen) atoms. The second-order valence-corrected chi connectivity index (χ2v) is 6.60. The molecule has 8 nitrogen and oxygen atoms in total. The number of nitrogens with one attached hydrogen (secondary N) is 2. The standard InChI is InChI=1S/C19H26N6O2/c1-24(2)10-9-20-19(26)16-7-8-18(23-22-16)21-15-5-3-4-6-17(15)25-11-13-27-14-12-25/h3-8H,9-14H2,1-2H3,(H,20,26)(H,21,23). The monoisotopic (exact) mass is 370 g/mol. The lowest BCUT2D eigenvalue weighted by molar-refractivity contribution is 0.0945. The average Bonchev–Trinajstić information content (AvgIpc) is 2.69. The minimum Gasteiger partial charge on any atom is -0.378 e. The van der Waals surface area contributed by atoms with Crippen LogP contribution in [0.4, 0.5) is 17.2 Å². The first-order chi connectivity index (χ1) is 13.1. The van der Waals surface area contributed by atoms with Gasteiger partial charge < -0.3 is 25.2 Å². The lowest BCUT2D eigenvalue weighted by Gasteiger charge is -2.30. The van der Waals surface area contributed by atoms with Crippen LogP contribution in [0.25, 0.3) is 0 Å². The van der Waals surface area contributed by atoms with E-state index in [1.54, 1.807) is 12.1 Å². The smallest absolute Gasteiger partial charge is 0.271 e. The van der Waals surface area contributed by atoms with E-state index in [0.717, 1.165) is 44.2 Å². The highest BCUT2D eigenvalue weighted by Crippen LogP contribution is 2.28. The lowest BCUT2D eigenvalue weighted by Crippen LogP contribution is -2.36. The van der Waals surface area contributed by atoms with Gasteiger partial charge in [0.25, 0.3) is 5.91 Å². The van der Waals surface area contributed by atoms with Gasteiger partial charge in [-0.05, 0) is 38.4 Å². The first kappa shape index (κ1) is 19.1. The number of ether oxygens (including phenoxy) is 1. The van der Waals surface area contributed by atoms with Gasteiger partial charge in [-0.3, -0.25) is 4.79 Å². The molecule has 2 aromatic rings. The fraction of sp³-hybridized carbons (Fsp3) is 0.421. The summed E-state index contributed by atoms with van der Waals surface area (Å²) in [7, 11) is 3.92. The number of carbonyl (C=O) groups excluding carboxylic acids is 1. The highest BCUT2D eigenvalue weighted by Gasteiger charge is 2.15. The van der Waals surface area contributed by atoms with E-state index in [4.69, 9.17) is 4.74 Å². The van der Waals surface area contributed by atoms with Gasteiger partial charge in [-0.25, -0.2) is 0 Å². The Morgan fingerprint density at radius 3 is 2.63 bits per heavy atom. The summed E-state index contributed by atoms with van der Waals surface area (Å²) < 4.78 is 5.43. The molecule has 1 aliphatic heterocycles. The Morgan fingerprint density at radius 2 is 1.93 bits per heavy atom. The largest absolute Gasteiger partial charge is 0.378 e. The number of likely N-dealkylation sites (N-methyl/N-ethyl adjacent to an activating group) is 1. The summed E-state index contributed by atoms with van der Waals surface area (Å²) in [5.41, 5.74) is 2.37. The highest BCUT2D eigenvalue weighted by atomic mass is 16.5. The van der Waals surface area contributed by atoms with Crippen molar-refractivity contribution in [1.82, 2.24) is 20.4 Å². The molecule has 1 fully saturated rings. The fourth-order valence-corrected chi connectivity index (χ4v) is 2.80. The van der Waals surface area contributed by atoms with E-state index >= 15 is 0 Å². The maximum atomic E-state index is 12.1. The molecule has 1 aromatic heterocycles. The molecule has 3 rings (SSSR count). The molecule has 2 N–H and O–H groups in total. The summed E-state index contributed by atoms with van der Waals surface area (Å²) >= 11 is 0. The van der Waals surface area contributed by atoms with Gasteiger partial charge in [0.15, 0.2) is 11.5 Å². The Labute approximate surface area is 159 Å². The van der Waals surface area contributed by atoms with Crippen molar-refractivity contribution in [3.8, 4) is 0 Å². The van der Waals surface area contributed by atoms with Crippen LogP contribution in [0.3, 0.4) is 0 Å². The van der Waals surface area contributed by atoms with Crippen LogP contribution in [0.2, 0.25) is 0 Å². The Balaban J connectivity index is 1.64. The van der Waals surface area contributed by atoms with Crippen molar-refractivity contribution in [2.75, 3.05) is 63.7 Å². The van der Waals surface area contributed by atoms with E-state index in [-0.39, 0.29) is 5.91 Å². The summed E-state index contributed by atoms with van der Waals surface area (Å²) in [4.78, 5) is 16.4. The van der Waals surface area contributed by atoms with E-state index < -0.39 is 0 Å². The summed E-state index contributed by atoms with van der Waals surface area (Å²) in [5, 5.41) is 14.3. The zero-order chi connectivity index (χ0) is 19.1. The van der Waals surface area contributed by atoms with Gasteiger partial charge >= 0.3 is 0 Å². The van der Waals surface area contributed by atoms with Gasteiger partial charge in [-0.2, -0.15) is 0 Å². The number of nitrogens with zero attached hydrogens (tertiary/aromatic N) is 4. The molecule has 2 heterocycles. The number of hydrogen-bond donors (Lipinski definition) is 2. The molecule has 0 radical (unpaired) electrons. The number of carbonyl (C=O) groups is 1. The number of aromatic nitrogens is 2. The van der Waals surface area contributed by atoms with Gasteiger partial charge in [0, 0.05) is 26.2 Å². The summed E-state index contributed by atoms with van der Waals surface area (Å²) in [6.45, 7) is 4.52. The first-order valence-corrected chi connectivity index (χ1v) is 9.09. The molecule has 0 bridgehead atoms. The van der Waals surface area contributed by atoms with Crippen molar-refractivity contribution in [2.45, 2.75) is 0 Å². The van der Waals surface area contributed by atoms with E-state index in [1.165, 1.54) is 0 Å². The van der Waals surface area contributed by atoms with Gasteiger partial charge in [0.05, 0.1) is 24.6 Å². The van der Waals surface area contributed by atoms with Crippen molar-refractivity contribution in [3.63, 3.8) is 0 Å². The van der Waals surface area contributed by atoms with Crippen LogP contribution in [0.5, 0.6) is 0 Å². The van der Waals surface area contributed by atoms with Crippen molar-refractivity contribution in [2.24, 2.45) is 0 Å². The number of amides is 1. The van der Waals surface area contributed by atoms with Crippen LogP contribution >= 0.6 is 0 Å². The molecule has 1 aromatic carbocycles. The number of anilines is 3. The summed E-state index contributed by atoms with van der Waals surface area (Å²) in [5.74, 6) is 0.380. The van der Waals surface area contributed by atoms with Crippen LogP contribution < -0.4 is 15.5 Å². The third-order valence-corrected chi connectivity index (χ3v) is 4.26. The van der Waals surface area contributed by atoms with Crippen molar-refractivity contribution >= 4 is 23.1 Å². The Morgan fingerprint density at radius 1 is 1.15 bits per heavy atom. The molecular formula is C19H26N6O2. The molecule has 0 atom stereocenters. The second-order valence-electron chi connectivity index (χ2n) is 6.60. The first-order valence-electron chi connectivity index (χ1n) is 9.09. The molecule has 0 aliphatic carbocycles. The lowest BCUT2D eigenvalue weighted by atomic mass is 10.2. The van der Waals surface area contributed by atoms with E-state index in [9.17, 15) is 4.79 Å². The van der Waals surface area contributed by atoms with Crippen LogP contribution in [0, 0.1) is 0 Å². The second kappa shape index (κ2) is 9.29. The number of hydrogen-bond acceptors (Lipinski definition) is 7. The molecule has 0 unspecified atom stereocenters. The van der Waals surface area contributed by atoms with Crippen LogP contribution in [0.1, 0.15) is 10.5 Å². The molecule has 1 aliphatic rings. The number of rotatable bonds is 7. The predicted molar refractivity (Wildman–Crippen MR) is 106 cm³/mol. The van der Waals surface area contributed by atoms with Gasteiger partial charge in [0.1, 0.15) is 0 Å². The van der Waals surface area contributed by atoms with Crippen molar-refractivity contribution in [3.05, 3.63) is 42.1 Å². The molecular weight excluding hydrogens is 344 g/mol. The third-order valence-electron chi connectivity index (χ3n) is 4.26. The van der Waals surface area contributed by atoms with E-state index in [2.05, 4.69) is 31.8 Å². The van der Waals surface area contributed by atoms with Crippen molar-refractivity contribution in [1.29, 1.82) is 0 Å². The number of morpholine rings is 1. The van der Waals surface area contributed by atoms with E-state index in [1.807, 2.05) is 37.2 Å². The van der Waals surface area contributed by atoms with Crippen LogP contribution in [-0.4, -0.2) is 74.5 Å². The summed E-state index contributed by atoms with van der Waals surface area (Å²) in [6, 6.07) is 11.5. The maximum Gasteiger partial charge on any atom is 0.271 e. The maximum absolute atomic E-state index is 12.1. The molecule has 0 spiro atoms. The normalized spacial score (nSPS) is 14.3. The average molecular weight is 370 g/mol. The van der Waals surface area contributed by atoms with Gasteiger partial charge in [-0.1, -0.05) is 12.1 Å². The SMILES string of the molecule is CN(C)CCNC(=O)c1ccc(Nc2ccccc2N2CCOCC2)nn1. The molecule has 144 valence electrons. The van der Waals surface area contributed by atoms with Gasteiger partial charge in [-0.15, -0.1) is 10.2 Å². The third kappa shape index (κ3) is 5.38. The number of para-hydroxylation sites is 2. The van der Waals surface area contributed by atoms with Gasteiger partial charge in [0.2, 0.25) is 0 Å². The quantitative estimate of drug-likeness (QED) is 0.761. The Kier molecular flexibility index (Phi) is 6.56. The topological polar surface area (TPSA) is 82.6 Å². The molecule has 1 saturated heterocycles. The Hall–Kier alpha value is -2.71. The summed E-state index contributed by atoms with van der Waals surface area (Å²) in [6.07, 6.45) is 0. The zero-order valence-corrected chi connectivity index (χ0v) is 15.8.